The standard InChI is InChI=1S/C9H13N5/c1-5(10)6-2-3-8(7(11)4-6)14-9(12)13/h2-4,10H,11H2,1H3,(H4,12,13,14). The molecule has 0 saturated carbocycles. The third-order valence-corrected chi connectivity index (χ3v) is 1.71. The summed E-state index contributed by atoms with van der Waals surface area (Å²) >= 11 is 0. The highest BCUT2D eigenvalue weighted by Crippen LogP contribution is 2.22. The summed E-state index contributed by atoms with van der Waals surface area (Å²) in [6, 6.07) is 5.10. The van der Waals surface area contributed by atoms with E-state index >= 15 is 0 Å². The molecule has 0 amide bonds. The van der Waals surface area contributed by atoms with Crippen LogP contribution in [0.1, 0.15) is 12.5 Å². The van der Waals surface area contributed by atoms with Crippen LogP contribution < -0.4 is 17.2 Å². The minimum absolute atomic E-state index is 0.0315. The second-order valence-electron chi connectivity index (χ2n) is 2.94. The smallest absolute Gasteiger partial charge is 0.191 e. The van der Waals surface area contributed by atoms with Crippen molar-refractivity contribution < 1.29 is 0 Å². The molecule has 1 aromatic rings. The Labute approximate surface area is 82.1 Å². The largest absolute Gasteiger partial charge is 0.397 e. The Bertz CT molecular complexity index is 390. The average molecular weight is 191 g/mol. The summed E-state index contributed by atoms with van der Waals surface area (Å²) < 4.78 is 0. The molecule has 14 heavy (non-hydrogen) atoms. The van der Waals surface area contributed by atoms with Gasteiger partial charge in [-0.25, -0.2) is 4.99 Å². The van der Waals surface area contributed by atoms with Gasteiger partial charge in [0.15, 0.2) is 5.96 Å². The molecule has 0 aliphatic rings. The molecule has 0 aliphatic heterocycles. The molecule has 1 rings (SSSR count). The van der Waals surface area contributed by atoms with Crippen LogP contribution in [0.5, 0.6) is 0 Å². The highest BCUT2D eigenvalue weighted by atomic mass is 15.0. The van der Waals surface area contributed by atoms with E-state index in [-0.39, 0.29) is 5.96 Å². The Hall–Kier alpha value is -2.04. The SMILES string of the molecule is CC(=N)c1ccc(N=C(N)N)c(N)c1. The second-order valence-corrected chi connectivity index (χ2v) is 2.94. The number of hydrogen-bond donors (Lipinski definition) is 4. The molecule has 0 fully saturated rings. The van der Waals surface area contributed by atoms with Crippen LogP contribution in [0.2, 0.25) is 0 Å². The van der Waals surface area contributed by atoms with E-state index < -0.39 is 0 Å². The summed E-state index contributed by atoms with van der Waals surface area (Å²) in [4.78, 5) is 3.84. The Morgan fingerprint density at radius 3 is 2.43 bits per heavy atom. The predicted molar refractivity (Wildman–Crippen MR) is 58.8 cm³/mol. The lowest BCUT2D eigenvalue weighted by Gasteiger charge is -2.03. The number of guanidine groups is 1. The summed E-state index contributed by atoms with van der Waals surface area (Å²) in [7, 11) is 0. The highest BCUT2D eigenvalue weighted by Gasteiger charge is 2.01. The summed E-state index contributed by atoms with van der Waals surface area (Å²) in [6.07, 6.45) is 0. The first-order valence-corrected chi connectivity index (χ1v) is 4.05. The molecule has 0 radical (unpaired) electrons. The average Bonchev–Trinajstić information content (AvgIpc) is 2.07. The van der Waals surface area contributed by atoms with Gasteiger partial charge in [0.05, 0.1) is 11.4 Å². The minimum Gasteiger partial charge on any atom is -0.397 e. The van der Waals surface area contributed by atoms with Gasteiger partial charge in [-0.3, -0.25) is 0 Å². The summed E-state index contributed by atoms with van der Waals surface area (Å²) in [6.45, 7) is 1.69. The van der Waals surface area contributed by atoms with E-state index in [9.17, 15) is 0 Å². The summed E-state index contributed by atoms with van der Waals surface area (Å²) in [5.41, 5.74) is 18.3. The zero-order valence-corrected chi connectivity index (χ0v) is 7.91. The lowest BCUT2D eigenvalue weighted by Crippen LogP contribution is -2.22. The molecule has 0 heterocycles. The number of rotatable bonds is 2. The first-order chi connectivity index (χ1) is 6.50. The Morgan fingerprint density at radius 1 is 1.36 bits per heavy atom. The van der Waals surface area contributed by atoms with Gasteiger partial charge < -0.3 is 22.6 Å². The van der Waals surface area contributed by atoms with Crippen LogP contribution in [-0.2, 0) is 0 Å². The van der Waals surface area contributed by atoms with Crippen molar-refractivity contribution in [2.75, 3.05) is 5.73 Å². The molecular formula is C9H13N5. The van der Waals surface area contributed by atoms with Crippen molar-refractivity contribution in [2.24, 2.45) is 16.5 Å². The number of benzene rings is 1. The van der Waals surface area contributed by atoms with Crippen LogP contribution in [0, 0.1) is 5.41 Å². The maximum Gasteiger partial charge on any atom is 0.191 e. The second kappa shape index (κ2) is 3.78. The van der Waals surface area contributed by atoms with Crippen molar-refractivity contribution >= 4 is 23.0 Å². The molecule has 0 bridgehead atoms. The molecule has 0 saturated heterocycles. The molecule has 74 valence electrons. The monoisotopic (exact) mass is 191 g/mol. The van der Waals surface area contributed by atoms with Crippen molar-refractivity contribution in [2.45, 2.75) is 6.92 Å². The number of aliphatic imine (C=N–C) groups is 1. The quantitative estimate of drug-likeness (QED) is 0.311. The van der Waals surface area contributed by atoms with Gasteiger partial charge in [-0.2, -0.15) is 0 Å². The molecule has 5 nitrogen and oxygen atoms in total. The molecule has 0 atom stereocenters. The van der Waals surface area contributed by atoms with Gasteiger partial charge >= 0.3 is 0 Å². The summed E-state index contributed by atoms with van der Waals surface area (Å²) in [5, 5.41) is 7.40. The molecule has 0 spiro atoms. The van der Waals surface area contributed by atoms with E-state index in [1.807, 2.05) is 0 Å². The van der Waals surface area contributed by atoms with Crippen LogP contribution in [-0.4, -0.2) is 11.7 Å². The topological polar surface area (TPSA) is 114 Å². The van der Waals surface area contributed by atoms with Crippen molar-refractivity contribution in [1.82, 2.24) is 0 Å². The van der Waals surface area contributed by atoms with Crippen molar-refractivity contribution in [1.29, 1.82) is 5.41 Å². The number of nitrogens with zero attached hydrogens (tertiary/aromatic N) is 1. The van der Waals surface area contributed by atoms with E-state index in [4.69, 9.17) is 22.6 Å². The van der Waals surface area contributed by atoms with Gasteiger partial charge in [0.25, 0.3) is 0 Å². The number of nitrogen functional groups attached to an aromatic ring is 1. The fraction of sp³-hybridized carbons (Fsp3) is 0.111. The molecule has 1 aromatic carbocycles. The predicted octanol–water partition coefficient (Wildman–Crippen LogP) is 0.561. The van der Waals surface area contributed by atoms with E-state index in [1.165, 1.54) is 0 Å². The Morgan fingerprint density at radius 2 is 2.00 bits per heavy atom. The third-order valence-electron chi connectivity index (χ3n) is 1.71. The third kappa shape index (κ3) is 2.22. The molecule has 7 N–H and O–H groups in total. The molecule has 0 aliphatic carbocycles. The molecule has 0 aromatic heterocycles. The van der Waals surface area contributed by atoms with Gasteiger partial charge in [-0.1, -0.05) is 6.07 Å². The lowest BCUT2D eigenvalue weighted by atomic mass is 10.1. The van der Waals surface area contributed by atoms with Gasteiger partial charge in [0.1, 0.15) is 0 Å². The van der Waals surface area contributed by atoms with Gasteiger partial charge in [0, 0.05) is 5.71 Å². The van der Waals surface area contributed by atoms with Crippen LogP contribution in [0.4, 0.5) is 11.4 Å². The Kier molecular flexibility index (Phi) is 2.71. The zero-order valence-electron chi connectivity index (χ0n) is 7.91. The normalized spacial score (nSPS) is 9.50. The zero-order chi connectivity index (χ0) is 10.7. The molecular weight excluding hydrogens is 178 g/mol. The van der Waals surface area contributed by atoms with E-state index in [1.54, 1.807) is 25.1 Å². The fourth-order valence-electron chi connectivity index (χ4n) is 1.03. The van der Waals surface area contributed by atoms with E-state index in [0.717, 1.165) is 5.56 Å². The van der Waals surface area contributed by atoms with Crippen LogP contribution in [0.3, 0.4) is 0 Å². The van der Waals surface area contributed by atoms with E-state index in [0.29, 0.717) is 17.1 Å². The first-order valence-electron chi connectivity index (χ1n) is 4.05. The van der Waals surface area contributed by atoms with Gasteiger partial charge in [-0.05, 0) is 24.6 Å². The molecule has 5 heteroatoms. The van der Waals surface area contributed by atoms with Gasteiger partial charge in [0.2, 0.25) is 0 Å². The lowest BCUT2D eigenvalue weighted by molar-refractivity contribution is 1.41. The van der Waals surface area contributed by atoms with Crippen LogP contribution in [0.25, 0.3) is 0 Å². The minimum atomic E-state index is -0.0315. The highest BCUT2D eigenvalue weighted by molar-refractivity contribution is 5.98. The van der Waals surface area contributed by atoms with Crippen molar-refractivity contribution in [3.63, 3.8) is 0 Å². The molecule has 0 unspecified atom stereocenters. The van der Waals surface area contributed by atoms with Gasteiger partial charge in [-0.15, -0.1) is 0 Å². The number of anilines is 1. The fourth-order valence-corrected chi connectivity index (χ4v) is 1.03. The summed E-state index contributed by atoms with van der Waals surface area (Å²) in [5.74, 6) is -0.0315. The van der Waals surface area contributed by atoms with Crippen LogP contribution in [0.15, 0.2) is 23.2 Å². The number of hydrogen-bond acceptors (Lipinski definition) is 3. The number of nitrogens with one attached hydrogen (secondary N) is 1. The van der Waals surface area contributed by atoms with Crippen LogP contribution >= 0.6 is 0 Å². The van der Waals surface area contributed by atoms with E-state index in [2.05, 4.69) is 4.99 Å². The maximum absolute atomic E-state index is 7.40. The Balaban J connectivity index is 3.14. The van der Waals surface area contributed by atoms with Crippen molar-refractivity contribution in [3.8, 4) is 0 Å². The maximum atomic E-state index is 7.40. The number of nitrogens with two attached hydrogens (primary N) is 3. The van der Waals surface area contributed by atoms with Crippen molar-refractivity contribution in [3.05, 3.63) is 23.8 Å². The first kappa shape index (κ1) is 10.0.